The fourth-order valence-corrected chi connectivity index (χ4v) is 1.71. The Morgan fingerprint density at radius 3 is 2.70 bits per heavy atom. The maximum Gasteiger partial charge on any atom is 0.451 e. The van der Waals surface area contributed by atoms with Gasteiger partial charge < -0.3 is 0 Å². The number of carbonyl (C=O) groups excluding carboxylic acids is 1. The molecule has 3 N–H and O–H groups in total. The Hall–Kier alpha value is -3.24. The molecule has 0 spiro atoms. The lowest BCUT2D eigenvalue weighted by molar-refractivity contribution is -0.144. The zero-order valence-corrected chi connectivity index (χ0v) is 11.2. The van der Waals surface area contributed by atoms with Gasteiger partial charge in [0.25, 0.3) is 5.91 Å². The summed E-state index contributed by atoms with van der Waals surface area (Å²) in [7, 11) is 0. The number of halogens is 3. The van der Waals surface area contributed by atoms with Crippen molar-refractivity contribution in [1.29, 1.82) is 0 Å². The monoisotopic (exact) mass is 323 g/mol. The highest BCUT2D eigenvalue weighted by Gasteiger charge is 2.35. The molecule has 3 heterocycles. The van der Waals surface area contributed by atoms with Gasteiger partial charge in [-0.2, -0.15) is 23.3 Å². The largest absolute Gasteiger partial charge is 0.451 e. The Kier molecular flexibility index (Phi) is 3.52. The van der Waals surface area contributed by atoms with Crippen LogP contribution in [0, 0.1) is 0 Å². The summed E-state index contributed by atoms with van der Waals surface area (Å²) < 4.78 is 37.2. The predicted molar refractivity (Wildman–Crippen MR) is 71.2 cm³/mol. The van der Waals surface area contributed by atoms with Crippen LogP contribution in [0.5, 0.6) is 0 Å². The van der Waals surface area contributed by atoms with Gasteiger partial charge in [-0.1, -0.05) is 0 Å². The summed E-state index contributed by atoms with van der Waals surface area (Å²) in [5, 5.41) is 13.5. The third kappa shape index (κ3) is 3.17. The fraction of sp³-hybridized carbons (Fsp3) is 0.0833. The van der Waals surface area contributed by atoms with E-state index in [9.17, 15) is 18.0 Å². The van der Waals surface area contributed by atoms with Crippen LogP contribution in [0.15, 0.2) is 30.6 Å². The molecule has 1 amide bonds. The summed E-state index contributed by atoms with van der Waals surface area (Å²) in [5.74, 6) is -2.51. The van der Waals surface area contributed by atoms with Gasteiger partial charge in [0.1, 0.15) is 5.69 Å². The number of pyridine rings is 1. The van der Waals surface area contributed by atoms with E-state index in [1.54, 1.807) is 29.6 Å². The molecule has 0 saturated carbocycles. The molecule has 11 heteroatoms. The molecule has 8 nitrogen and oxygen atoms in total. The summed E-state index contributed by atoms with van der Waals surface area (Å²) in [6, 6.07) is 4.88. The van der Waals surface area contributed by atoms with Crippen molar-refractivity contribution in [3.63, 3.8) is 0 Å². The number of amides is 1. The maximum atomic E-state index is 12.4. The number of nitrogens with zero attached hydrogens (tertiary/aromatic N) is 4. The fourth-order valence-electron chi connectivity index (χ4n) is 1.71. The molecule has 0 aliphatic heterocycles. The van der Waals surface area contributed by atoms with E-state index >= 15 is 0 Å². The van der Waals surface area contributed by atoms with Crippen LogP contribution in [0.4, 0.5) is 19.1 Å². The third-order valence-electron chi connectivity index (χ3n) is 2.76. The van der Waals surface area contributed by atoms with Crippen LogP contribution in [-0.4, -0.2) is 36.3 Å². The second-order valence-electron chi connectivity index (χ2n) is 4.37. The molecule has 0 unspecified atom stereocenters. The van der Waals surface area contributed by atoms with E-state index in [0.717, 1.165) is 0 Å². The molecule has 0 aromatic carbocycles. The molecule has 0 aliphatic carbocycles. The lowest BCUT2D eigenvalue weighted by Crippen LogP contribution is -2.14. The quantitative estimate of drug-likeness (QED) is 0.681. The lowest BCUT2D eigenvalue weighted by atomic mass is 10.2. The van der Waals surface area contributed by atoms with Crippen LogP contribution in [-0.2, 0) is 6.18 Å². The Labute approximate surface area is 126 Å². The van der Waals surface area contributed by atoms with Crippen molar-refractivity contribution in [3.8, 4) is 11.3 Å². The maximum absolute atomic E-state index is 12.4. The first-order valence-corrected chi connectivity index (χ1v) is 6.20. The molecule has 0 radical (unpaired) electrons. The van der Waals surface area contributed by atoms with Gasteiger partial charge in [0.05, 0.1) is 5.69 Å². The van der Waals surface area contributed by atoms with E-state index in [4.69, 9.17) is 0 Å². The average molecular weight is 323 g/mol. The molecule has 0 atom stereocenters. The topological polar surface area (TPSA) is 112 Å². The molecule has 0 fully saturated rings. The van der Waals surface area contributed by atoms with Crippen LogP contribution in [0.1, 0.15) is 16.3 Å². The van der Waals surface area contributed by atoms with Gasteiger partial charge in [-0.15, -0.1) is 5.10 Å². The van der Waals surface area contributed by atoms with E-state index in [1.165, 1.54) is 6.07 Å². The first-order chi connectivity index (χ1) is 10.9. The predicted octanol–water partition coefficient (Wildman–Crippen LogP) is 1.86. The zero-order chi connectivity index (χ0) is 16.4. The van der Waals surface area contributed by atoms with Gasteiger partial charge in [0.15, 0.2) is 0 Å². The minimum Gasteiger partial charge on any atom is -0.288 e. The highest BCUT2D eigenvalue weighted by molar-refractivity contribution is 6.02. The lowest BCUT2D eigenvalue weighted by Gasteiger charge is -1.99. The van der Waals surface area contributed by atoms with E-state index < -0.39 is 23.9 Å². The molecular formula is C12H8F3N7O. The van der Waals surface area contributed by atoms with Gasteiger partial charge in [-0.3, -0.25) is 25.3 Å². The molecule has 3 aromatic heterocycles. The number of nitrogens with one attached hydrogen (secondary N) is 3. The van der Waals surface area contributed by atoms with E-state index in [-0.39, 0.29) is 5.69 Å². The minimum absolute atomic E-state index is 0.0437. The number of rotatable bonds is 3. The summed E-state index contributed by atoms with van der Waals surface area (Å²) in [4.78, 5) is 19.0. The van der Waals surface area contributed by atoms with E-state index in [0.29, 0.717) is 11.3 Å². The van der Waals surface area contributed by atoms with Gasteiger partial charge >= 0.3 is 6.18 Å². The van der Waals surface area contributed by atoms with Gasteiger partial charge in [0, 0.05) is 18.0 Å². The first kappa shape index (κ1) is 14.7. The zero-order valence-electron chi connectivity index (χ0n) is 11.2. The minimum atomic E-state index is -4.67. The normalized spacial score (nSPS) is 11.4. The molecule has 3 aromatic rings. The number of hydrogen-bond acceptors (Lipinski definition) is 5. The van der Waals surface area contributed by atoms with Crippen LogP contribution >= 0.6 is 0 Å². The van der Waals surface area contributed by atoms with Gasteiger partial charge in [0.2, 0.25) is 11.8 Å². The second kappa shape index (κ2) is 5.51. The Morgan fingerprint density at radius 2 is 2.04 bits per heavy atom. The van der Waals surface area contributed by atoms with Crippen molar-refractivity contribution >= 4 is 11.9 Å². The number of alkyl halides is 3. The van der Waals surface area contributed by atoms with Crippen LogP contribution in [0.3, 0.4) is 0 Å². The van der Waals surface area contributed by atoms with Crippen molar-refractivity contribution in [1.82, 2.24) is 30.4 Å². The molecule has 118 valence electrons. The van der Waals surface area contributed by atoms with Crippen LogP contribution in [0.2, 0.25) is 0 Å². The number of hydrogen-bond donors (Lipinski definition) is 3. The highest BCUT2D eigenvalue weighted by atomic mass is 19.4. The number of carbonyl (C=O) groups is 1. The second-order valence-corrected chi connectivity index (χ2v) is 4.37. The van der Waals surface area contributed by atoms with Crippen LogP contribution in [0.25, 0.3) is 11.3 Å². The van der Waals surface area contributed by atoms with E-state index in [1.807, 2.05) is 0 Å². The highest BCUT2D eigenvalue weighted by Crippen LogP contribution is 2.26. The SMILES string of the molecule is O=C(Nc1n[nH]c(C(F)(F)F)n1)c1cc(-c2cccnc2)n[nH]1. The van der Waals surface area contributed by atoms with Crippen molar-refractivity contribution in [2.24, 2.45) is 0 Å². The molecule has 23 heavy (non-hydrogen) atoms. The molecule has 0 saturated heterocycles. The van der Waals surface area contributed by atoms with Crippen LogP contribution < -0.4 is 5.32 Å². The van der Waals surface area contributed by atoms with Gasteiger partial charge in [-0.05, 0) is 18.2 Å². The molecular weight excluding hydrogens is 315 g/mol. The number of aromatic amines is 2. The average Bonchev–Trinajstić information content (AvgIpc) is 3.16. The molecule has 0 aliphatic rings. The third-order valence-corrected chi connectivity index (χ3v) is 2.76. The standard InChI is InChI=1S/C12H8F3N7O/c13-12(14,15)10-18-11(22-21-10)17-9(23)8-4-7(19-20-8)6-2-1-3-16-5-6/h1-5H,(H,19,20)(H2,17,18,21,22,23). The Balaban J connectivity index is 1.74. The summed E-state index contributed by atoms with van der Waals surface area (Å²) in [5.41, 5.74) is 1.19. The van der Waals surface area contributed by atoms with Crippen molar-refractivity contribution in [3.05, 3.63) is 42.1 Å². The Morgan fingerprint density at radius 1 is 1.22 bits per heavy atom. The smallest absolute Gasteiger partial charge is 0.288 e. The Bertz CT molecular complexity index is 825. The summed E-state index contributed by atoms with van der Waals surface area (Å²) >= 11 is 0. The van der Waals surface area contributed by atoms with Crippen molar-refractivity contribution in [2.45, 2.75) is 6.18 Å². The molecule has 0 bridgehead atoms. The number of anilines is 1. The van der Waals surface area contributed by atoms with E-state index in [2.05, 4.69) is 30.6 Å². The summed E-state index contributed by atoms with van der Waals surface area (Å²) in [6.07, 6.45) is -1.52. The number of aromatic nitrogens is 6. The number of H-pyrrole nitrogens is 2. The molecule has 3 rings (SSSR count). The first-order valence-electron chi connectivity index (χ1n) is 6.20. The van der Waals surface area contributed by atoms with Crippen molar-refractivity contribution < 1.29 is 18.0 Å². The summed E-state index contributed by atoms with van der Waals surface area (Å²) in [6.45, 7) is 0. The van der Waals surface area contributed by atoms with Gasteiger partial charge in [-0.25, -0.2) is 0 Å². The van der Waals surface area contributed by atoms with Crippen molar-refractivity contribution in [2.75, 3.05) is 5.32 Å².